The average molecular weight is 220 g/mol. The maximum absolute atomic E-state index is 10.2. The van der Waals surface area contributed by atoms with Crippen LogP contribution in [0.1, 0.15) is 30.5 Å². The van der Waals surface area contributed by atoms with Crippen LogP contribution in [-0.4, -0.2) is 9.88 Å². The van der Waals surface area contributed by atoms with Crippen molar-refractivity contribution in [1.82, 2.24) is 4.98 Å². The molecule has 1 heterocycles. The van der Waals surface area contributed by atoms with Crippen LogP contribution in [0.5, 0.6) is 0 Å². The van der Waals surface area contributed by atoms with E-state index in [2.05, 4.69) is 9.51 Å². The minimum Gasteiger partial charge on any atom is -0.243 e. The lowest BCUT2D eigenvalue weighted by Gasteiger charge is -1.95. The summed E-state index contributed by atoms with van der Waals surface area (Å²) < 4.78 is 14.7. The van der Waals surface area contributed by atoms with Crippen LogP contribution in [0.2, 0.25) is 0 Å². The summed E-state index contributed by atoms with van der Waals surface area (Å²) in [6.45, 7) is 4.21. The highest BCUT2D eigenvalue weighted by molar-refractivity contribution is 7.32. The fourth-order valence-corrected chi connectivity index (χ4v) is 1.95. The van der Waals surface area contributed by atoms with Crippen LogP contribution in [0.3, 0.4) is 0 Å². The zero-order valence-electron chi connectivity index (χ0n) is 7.43. The molecule has 1 unspecified atom stereocenters. The maximum Gasteiger partial charge on any atom is 0.695 e. The van der Waals surface area contributed by atoms with Crippen LogP contribution in [-0.2, 0) is 15.7 Å². The second-order valence-electron chi connectivity index (χ2n) is 2.83. The third-order valence-corrected chi connectivity index (χ3v) is 2.65. The molecule has 0 radical (unpaired) electrons. The highest BCUT2D eigenvalue weighted by Crippen LogP contribution is 2.22. The van der Waals surface area contributed by atoms with Gasteiger partial charge in [-0.15, -0.1) is 20.8 Å². The summed E-state index contributed by atoms with van der Waals surface area (Å²) in [4.78, 5) is 12.6. The van der Waals surface area contributed by atoms with Gasteiger partial charge in [0.2, 0.25) is 0 Å². The lowest BCUT2D eigenvalue weighted by molar-refractivity contribution is 0.272. The van der Waals surface area contributed by atoms with Gasteiger partial charge in [-0.05, 0) is 5.92 Å². The number of thiazole rings is 1. The van der Waals surface area contributed by atoms with Gasteiger partial charge in [0.15, 0.2) is 6.61 Å². The summed E-state index contributed by atoms with van der Waals surface area (Å²) in [5, 5.41) is 2.68. The first kappa shape index (κ1) is 10.7. The van der Waals surface area contributed by atoms with E-state index >= 15 is 0 Å². The van der Waals surface area contributed by atoms with Crippen LogP contribution < -0.4 is 0 Å². The van der Waals surface area contributed by atoms with E-state index < -0.39 is 8.25 Å². The van der Waals surface area contributed by atoms with Crippen molar-refractivity contribution in [1.29, 1.82) is 0 Å². The molecule has 4 nitrogen and oxygen atoms in total. The van der Waals surface area contributed by atoms with Crippen molar-refractivity contribution in [3.8, 4) is 0 Å². The molecule has 0 aliphatic carbocycles. The van der Waals surface area contributed by atoms with Gasteiger partial charge in [0.1, 0.15) is 5.01 Å². The van der Waals surface area contributed by atoms with Crippen molar-refractivity contribution in [3.63, 3.8) is 0 Å². The average Bonchev–Trinajstić information content (AvgIpc) is 2.48. The Hall–Kier alpha value is -0.350. The molecule has 0 bridgehead atoms. The van der Waals surface area contributed by atoms with E-state index in [9.17, 15) is 4.57 Å². The first-order valence-electron chi connectivity index (χ1n) is 3.83. The zero-order chi connectivity index (χ0) is 9.84. The van der Waals surface area contributed by atoms with Crippen LogP contribution in [0.25, 0.3) is 0 Å². The topological polar surface area (TPSA) is 59.4 Å². The molecule has 1 rings (SSSR count). The number of hydrogen-bond donors (Lipinski definition) is 1. The molecule has 1 N–H and O–H groups in total. The van der Waals surface area contributed by atoms with E-state index in [-0.39, 0.29) is 6.61 Å². The molecule has 0 saturated heterocycles. The molecule has 0 spiro atoms. The Balaban J connectivity index is 2.54. The van der Waals surface area contributed by atoms with Crippen molar-refractivity contribution >= 4 is 19.6 Å². The summed E-state index contributed by atoms with van der Waals surface area (Å²) in [5.41, 5.74) is 0.997. The first-order valence-corrected chi connectivity index (χ1v) is 5.84. The molecule has 1 aromatic rings. The zero-order valence-corrected chi connectivity index (χ0v) is 9.14. The van der Waals surface area contributed by atoms with Gasteiger partial charge in [-0.2, -0.15) is 0 Å². The Labute approximate surface area is 81.5 Å². The quantitative estimate of drug-likeness (QED) is 0.791. The Kier molecular flexibility index (Phi) is 3.93. The fourth-order valence-electron chi connectivity index (χ4n) is 0.767. The summed E-state index contributed by atoms with van der Waals surface area (Å²) in [6.07, 6.45) is 0. The predicted octanol–water partition coefficient (Wildman–Crippen LogP) is 2.43. The molecule has 6 heteroatoms. The molecule has 0 aliphatic rings. The van der Waals surface area contributed by atoms with Gasteiger partial charge in [-0.25, -0.2) is 4.98 Å². The van der Waals surface area contributed by atoms with Gasteiger partial charge in [0, 0.05) is 9.95 Å². The van der Waals surface area contributed by atoms with Crippen molar-refractivity contribution in [2.24, 2.45) is 0 Å². The number of nitrogens with zero attached hydrogens (tertiary/aromatic N) is 1. The largest absolute Gasteiger partial charge is 0.695 e. The van der Waals surface area contributed by atoms with Crippen molar-refractivity contribution in [2.45, 2.75) is 26.4 Å². The predicted molar refractivity (Wildman–Crippen MR) is 50.8 cm³/mol. The molecule has 0 amide bonds. The van der Waals surface area contributed by atoms with Crippen molar-refractivity contribution < 1.29 is 14.0 Å². The van der Waals surface area contributed by atoms with E-state index in [1.807, 2.05) is 19.2 Å². The molecule has 1 aromatic heterocycles. The molecule has 72 valence electrons. The smallest absolute Gasteiger partial charge is 0.243 e. The van der Waals surface area contributed by atoms with E-state index in [1.165, 1.54) is 11.3 Å². The minimum atomic E-state index is -2.51. The Morgan fingerprint density at radius 2 is 2.46 bits per heavy atom. The highest BCUT2D eigenvalue weighted by Gasteiger charge is 2.14. The molecule has 0 saturated carbocycles. The Bertz CT molecular complexity index is 300. The minimum absolute atomic E-state index is 0.114. The molecule has 0 aliphatic heterocycles. The third kappa shape index (κ3) is 3.48. The normalized spacial score (nSPS) is 12.2. The molecule has 0 aromatic carbocycles. The second-order valence-corrected chi connectivity index (χ2v) is 4.51. The highest BCUT2D eigenvalue weighted by atomic mass is 32.1. The second kappa shape index (κ2) is 4.77. The van der Waals surface area contributed by atoms with E-state index in [4.69, 9.17) is 4.89 Å². The SMILES string of the molecule is CC(C)c1csc(CO[P+](=O)O)n1. The number of rotatable bonds is 4. The first-order chi connectivity index (χ1) is 6.09. The van der Waals surface area contributed by atoms with Crippen LogP contribution >= 0.6 is 19.6 Å². The van der Waals surface area contributed by atoms with Crippen molar-refractivity contribution in [3.05, 3.63) is 16.1 Å². The molecule has 1 atom stereocenters. The Morgan fingerprint density at radius 3 is 2.92 bits per heavy atom. The van der Waals surface area contributed by atoms with E-state index in [1.54, 1.807) is 0 Å². The molecule has 13 heavy (non-hydrogen) atoms. The molecular weight excluding hydrogens is 209 g/mol. The van der Waals surface area contributed by atoms with Crippen LogP contribution in [0.15, 0.2) is 5.38 Å². The monoisotopic (exact) mass is 220 g/mol. The van der Waals surface area contributed by atoms with Gasteiger partial charge < -0.3 is 0 Å². The van der Waals surface area contributed by atoms with Crippen LogP contribution in [0, 0.1) is 0 Å². The van der Waals surface area contributed by atoms with Crippen LogP contribution in [0.4, 0.5) is 0 Å². The summed E-state index contributed by atoms with van der Waals surface area (Å²) in [7, 11) is -2.51. The van der Waals surface area contributed by atoms with E-state index in [0.29, 0.717) is 5.92 Å². The molecular formula is C7H11NO3PS+. The van der Waals surface area contributed by atoms with Gasteiger partial charge in [-0.1, -0.05) is 13.8 Å². The van der Waals surface area contributed by atoms with Gasteiger partial charge in [0.25, 0.3) is 0 Å². The number of aromatic nitrogens is 1. The fraction of sp³-hybridized carbons (Fsp3) is 0.571. The lowest BCUT2D eigenvalue weighted by Crippen LogP contribution is -1.89. The summed E-state index contributed by atoms with van der Waals surface area (Å²) in [5.74, 6) is 0.382. The maximum atomic E-state index is 10.2. The van der Waals surface area contributed by atoms with Gasteiger partial charge in [-0.3, -0.25) is 0 Å². The standard InChI is InChI=1S/C7H10NO3PS/c1-5(2)6-4-13-7(8-6)3-11-12(9)10/h4-5H,3H2,1-2H3/p+1. The van der Waals surface area contributed by atoms with Gasteiger partial charge >= 0.3 is 8.25 Å². The summed E-state index contributed by atoms with van der Waals surface area (Å²) in [6, 6.07) is 0. The number of hydrogen-bond acceptors (Lipinski definition) is 4. The lowest BCUT2D eigenvalue weighted by atomic mass is 10.2. The van der Waals surface area contributed by atoms with E-state index in [0.717, 1.165) is 10.7 Å². The third-order valence-electron chi connectivity index (χ3n) is 1.46. The summed E-state index contributed by atoms with van der Waals surface area (Å²) >= 11 is 1.44. The Morgan fingerprint density at radius 1 is 1.77 bits per heavy atom. The molecule has 0 fully saturated rings. The van der Waals surface area contributed by atoms with Gasteiger partial charge in [0.05, 0.1) is 5.69 Å². The van der Waals surface area contributed by atoms with Crippen molar-refractivity contribution in [2.75, 3.05) is 0 Å².